The SMILES string of the molecule is c1csc(-c2nc(N3CC4CC4C3)n[nH]2)n1. The fraction of sp³-hybridized carbons (Fsp3) is 0.500. The molecule has 0 radical (unpaired) electrons. The highest BCUT2D eigenvalue weighted by molar-refractivity contribution is 7.12. The van der Waals surface area contributed by atoms with Gasteiger partial charge in [0.2, 0.25) is 5.95 Å². The van der Waals surface area contributed by atoms with E-state index in [1.165, 1.54) is 6.42 Å². The van der Waals surface area contributed by atoms with Gasteiger partial charge in [0.1, 0.15) is 0 Å². The topological polar surface area (TPSA) is 57.7 Å². The van der Waals surface area contributed by atoms with Gasteiger partial charge in [-0.25, -0.2) is 4.98 Å². The Bertz CT molecular complexity index is 495. The average Bonchev–Trinajstić information content (AvgIpc) is 2.86. The standard InChI is InChI=1S/C10H11N5S/c1-2-16-9(11-1)8-12-10(14-13-8)15-4-6-3-7(6)5-15/h1-2,6-7H,3-5H2,(H,12,13,14). The molecule has 82 valence electrons. The van der Waals surface area contributed by atoms with Crippen LogP contribution < -0.4 is 4.90 Å². The number of nitrogens with one attached hydrogen (secondary N) is 1. The highest BCUT2D eigenvalue weighted by Gasteiger charge is 2.46. The van der Waals surface area contributed by atoms with Gasteiger partial charge in [-0.15, -0.1) is 16.4 Å². The molecule has 6 heteroatoms. The van der Waals surface area contributed by atoms with Crippen LogP contribution in [0.1, 0.15) is 6.42 Å². The molecule has 2 unspecified atom stereocenters. The number of anilines is 1. The number of hydrogen-bond acceptors (Lipinski definition) is 5. The molecule has 16 heavy (non-hydrogen) atoms. The van der Waals surface area contributed by atoms with Crippen LogP contribution in [-0.4, -0.2) is 33.3 Å². The Hall–Kier alpha value is -1.43. The first kappa shape index (κ1) is 8.69. The van der Waals surface area contributed by atoms with Gasteiger partial charge in [0.15, 0.2) is 10.8 Å². The van der Waals surface area contributed by atoms with Gasteiger partial charge in [-0.1, -0.05) is 0 Å². The van der Waals surface area contributed by atoms with E-state index < -0.39 is 0 Å². The number of piperidine rings is 1. The van der Waals surface area contributed by atoms with Gasteiger partial charge in [-0.3, -0.25) is 5.10 Å². The van der Waals surface area contributed by atoms with Gasteiger partial charge in [0.05, 0.1) is 0 Å². The van der Waals surface area contributed by atoms with Crippen molar-refractivity contribution in [2.75, 3.05) is 18.0 Å². The maximum absolute atomic E-state index is 4.50. The molecule has 0 spiro atoms. The molecule has 2 aliphatic rings. The summed E-state index contributed by atoms with van der Waals surface area (Å²) in [5.74, 6) is 3.42. The van der Waals surface area contributed by atoms with Crippen molar-refractivity contribution in [1.82, 2.24) is 20.2 Å². The zero-order valence-electron chi connectivity index (χ0n) is 8.63. The smallest absolute Gasteiger partial charge is 0.245 e. The summed E-state index contributed by atoms with van der Waals surface area (Å²) in [7, 11) is 0. The van der Waals surface area contributed by atoms with E-state index in [9.17, 15) is 0 Å². The monoisotopic (exact) mass is 233 g/mol. The van der Waals surface area contributed by atoms with Crippen LogP contribution in [0.4, 0.5) is 5.95 Å². The molecule has 2 aromatic rings. The molecule has 1 N–H and O–H groups in total. The van der Waals surface area contributed by atoms with Crippen LogP contribution in [0.2, 0.25) is 0 Å². The molecule has 0 aromatic carbocycles. The molecule has 1 saturated carbocycles. The Balaban J connectivity index is 1.61. The van der Waals surface area contributed by atoms with E-state index in [1.807, 2.05) is 5.38 Å². The summed E-state index contributed by atoms with van der Waals surface area (Å²) >= 11 is 1.58. The quantitative estimate of drug-likeness (QED) is 0.851. The lowest BCUT2D eigenvalue weighted by atomic mass is 10.4. The van der Waals surface area contributed by atoms with Crippen molar-refractivity contribution in [3.05, 3.63) is 11.6 Å². The van der Waals surface area contributed by atoms with Gasteiger partial charge in [-0.05, 0) is 18.3 Å². The number of rotatable bonds is 2. The average molecular weight is 233 g/mol. The second kappa shape index (κ2) is 3.04. The van der Waals surface area contributed by atoms with Gasteiger partial charge in [0, 0.05) is 24.7 Å². The van der Waals surface area contributed by atoms with E-state index in [2.05, 4.69) is 25.1 Å². The van der Waals surface area contributed by atoms with Crippen LogP contribution >= 0.6 is 11.3 Å². The largest absolute Gasteiger partial charge is 0.339 e. The molecule has 0 amide bonds. The van der Waals surface area contributed by atoms with Crippen LogP contribution in [0.5, 0.6) is 0 Å². The third-order valence-electron chi connectivity index (χ3n) is 3.37. The molecule has 4 rings (SSSR count). The number of nitrogens with zero attached hydrogens (tertiary/aromatic N) is 4. The maximum Gasteiger partial charge on any atom is 0.245 e. The van der Waals surface area contributed by atoms with Crippen LogP contribution in [0.3, 0.4) is 0 Å². The molecule has 2 atom stereocenters. The van der Waals surface area contributed by atoms with E-state index in [-0.39, 0.29) is 0 Å². The number of aromatic nitrogens is 4. The first-order chi connectivity index (χ1) is 7.90. The van der Waals surface area contributed by atoms with Gasteiger partial charge >= 0.3 is 0 Å². The van der Waals surface area contributed by atoms with Crippen molar-refractivity contribution >= 4 is 17.3 Å². The maximum atomic E-state index is 4.50. The van der Waals surface area contributed by atoms with E-state index in [1.54, 1.807) is 17.5 Å². The van der Waals surface area contributed by atoms with Crippen molar-refractivity contribution in [2.24, 2.45) is 11.8 Å². The third-order valence-corrected chi connectivity index (χ3v) is 4.15. The number of thiazole rings is 1. The molecule has 3 heterocycles. The van der Waals surface area contributed by atoms with Crippen LogP contribution in [-0.2, 0) is 0 Å². The second-order valence-corrected chi connectivity index (χ2v) is 5.38. The van der Waals surface area contributed by atoms with Crippen LogP contribution in [0.25, 0.3) is 10.8 Å². The molecule has 0 bridgehead atoms. The van der Waals surface area contributed by atoms with E-state index >= 15 is 0 Å². The zero-order valence-corrected chi connectivity index (χ0v) is 9.44. The zero-order chi connectivity index (χ0) is 10.5. The first-order valence-electron chi connectivity index (χ1n) is 5.47. The minimum atomic E-state index is 0.783. The van der Waals surface area contributed by atoms with Crippen molar-refractivity contribution in [2.45, 2.75) is 6.42 Å². The van der Waals surface area contributed by atoms with Crippen LogP contribution in [0, 0.1) is 11.8 Å². The molecular weight excluding hydrogens is 222 g/mol. The molecule has 1 aliphatic carbocycles. The Kier molecular flexibility index (Phi) is 1.65. The predicted octanol–water partition coefficient (Wildman–Crippen LogP) is 1.38. The molecule has 1 aliphatic heterocycles. The molecular formula is C10H11N5S. The van der Waals surface area contributed by atoms with E-state index in [0.717, 1.165) is 41.7 Å². The number of H-pyrrole nitrogens is 1. The van der Waals surface area contributed by atoms with Crippen molar-refractivity contribution < 1.29 is 0 Å². The Morgan fingerprint density at radius 1 is 1.38 bits per heavy atom. The molecule has 2 aromatic heterocycles. The second-order valence-electron chi connectivity index (χ2n) is 4.48. The fourth-order valence-corrected chi connectivity index (χ4v) is 2.97. The fourth-order valence-electron chi connectivity index (χ4n) is 2.39. The number of fused-ring (bicyclic) bond motifs is 1. The summed E-state index contributed by atoms with van der Waals surface area (Å²) in [4.78, 5) is 11.0. The Morgan fingerprint density at radius 3 is 3.00 bits per heavy atom. The van der Waals surface area contributed by atoms with Crippen LogP contribution in [0.15, 0.2) is 11.6 Å². The predicted molar refractivity (Wildman–Crippen MR) is 61.3 cm³/mol. The summed E-state index contributed by atoms with van der Waals surface area (Å²) in [5, 5.41) is 10.1. The third kappa shape index (κ3) is 1.26. The summed E-state index contributed by atoms with van der Waals surface area (Å²) in [6.07, 6.45) is 3.19. The first-order valence-corrected chi connectivity index (χ1v) is 6.35. The highest BCUT2D eigenvalue weighted by Crippen LogP contribution is 2.45. The Labute approximate surface area is 96.5 Å². The lowest BCUT2D eigenvalue weighted by Crippen LogP contribution is -2.22. The number of aromatic amines is 1. The van der Waals surface area contributed by atoms with Gasteiger partial charge in [-0.2, -0.15) is 4.98 Å². The summed E-state index contributed by atoms with van der Waals surface area (Å²) in [6.45, 7) is 2.25. The highest BCUT2D eigenvalue weighted by atomic mass is 32.1. The van der Waals surface area contributed by atoms with E-state index in [4.69, 9.17) is 0 Å². The summed E-state index contributed by atoms with van der Waals surface area (Å²) in [6, 6.07) is 0. The minimum Gasteiger partial charge on any atom is -0.339 e. The lowest BCUT2D eigenvalue weighted by Gasteiger charge is -2.14. The van der Waals surface area contributed by atoms with Crippen molar-refractivity contribution in [1.29, 1.82) is 0 Å². The molecule has 5 nitrogen and oxygen atoms in total. The Morgan fingerprint density at radius 2 is 2.25 bits per heavy atom. The summed E-state index contributed by atoms with van der Waals surface area (Å²) < 4.78 is 0. The van der Waals surface area contributed by atoms with Gasteiger partial charge < -0.3 is 4.90 Å². The molecule has 2 fully saturated rings. The summed E-state index contributed by atoms with van der Waals surface area (Å²) in [5.41, 5.74) is 0. The van der Waals surface area contributed by atoms with Gasteiger partial charge in [0.25, 0.3) is 0 Å². The van der Waals surface area contributed by atoms with E-state index in [0.29, 0.717) is 0 Å². The lowest BCUT2D eigenvalue weighted by molar-refractivity contribution is 0.790. The minimum absolute atomic E-state index is 0.783. The number of hydrogen-bond donors (Lipinski definition) is 1. The van der Waals surface area contributed by atoms with Crippen molar-refractivity contribution in [3.8, 4) is 10.8 Å². The normalized spacial score (nSPS) is 27.1. The van der Waals surface area contributed by atoms with Crippen molar-refractivity contribution in [3.63, 3.8) is 0 Å². The molecule has 1 saturated heterocycles.